The van der Waals surface area contributed by atoms with Crippen LogP contribution in [0.5, 0.6) is 0 Å². The number of aliphatic hydroxyl groups is 1. The van der Waals surface area contributed by atoms with Crippen LogP contribution in [0.15, 0.2) is 18.2 Å². The Morgan fingerprint density at radius 3 is 2.74 bits per heavy atom. The fraction of sp³-hybridized carbons (Fsp3) is 0.438. The van der Waals surface area contributed by atoms with E-state index < -0.39 is 11.6 Å². The van der Waals surface area contributed by atoms with Gasteiger partial charge in [-0.3, -0.25) is 0 Å². The molecule has 1 heterocycles. The number of ether oxygens (including phenoxy) is 1. The number of benzene rings is 1. The maximum absolute atomic E-state index is 13.9. The summed E-state index contributed by atoms with van der Waals surface area (Å²) in [6.07, 6.45) is 0. The molecule has 126 valence electrons. The lowest BCUT2D eigenvalue weighted by Gasteiger charge is -2.08. The van der Waals surface area contributed by atoms with E-state index in [0.717, 1.165) is 23.0 Å². The highest BCUT2D eigenvalue weighted by atomic mass is 19.1. The van der Waals surface area contributed by atoms with Crippen molar-refractivity contribution in [2.45, 2.75) is 20.4 Å². The summed E-state index contributed by atoms with van der Waals surface area (Å²) in [6, 6.07) is 3.44. The lowest BCUT2D eigenvalue weighted by Crippen LogP contribution is -2.20. The Balaban J connectivity index is 2.07. The van der Waals surface area contributed by atoms with E-state index in [-0.39, 0.29) is 12.3 Å². The average molecular weight is 325 g/mol. The van der Waals surface area contributed by atoms with E-state index >= 15 is 0 Å². The molecule has 2 aromatic rings. The second-order valence-corrected chi connectivity index (χ2v) is 5.17. The fourth-order valence-electron chi connectivity index (χ4n) is 2.34. The van der Waals surface area contributed by atoms with Crippen molar-refractivity contribution in [3.05, 3.63) is 46.8 Å². The van der Waals surface area contributed by atoms with Crippen LogP contribution < -0.4 is 5.32 Å². The highest BCUT2D eigenvalue weighted by molar-refractivity contribution is 5.38. The smallest absolute Gasteiger partial charge is 0.151 e. The van der Waals surface area contributed by atoms with Crippen LogP contribution in [0.25, 0.3) is 5.69 Å². The summed E-state index contributed by atoms with van der Waals surface area (Å²) in [4.78, 5) is 0. The Kier molecular flexibility index (Phi) is 6.20. The average Bonchev–Trinajstić information content (AvgIpc) is 2.78. The summed E-state index contributed by atoms with van der Waals surface area (Å²) < 4.78 is 33.6. The molecule has 1 aromatic heterocycles. The highest BCUT2D eigenvalue weighted by Gasteiger charge is 2.15. The molecule has 0 spiro atoms. The lowest BCUT2D eigenvalue weighted by molar-refractivity contribution is 0.0938. The number of hydrogen-bond donors (Lipinski definition) is 2. The van der Waals surface area contributed by atoms with Gasteiger partial charge in [0.2, 0.25) is 0 Å². The van der Waals surface area contributed by atoms with Gasteiger partial charge in [0.25, 0.3) is 0 Å². The number of aliphatic hydroxyl groups excluding tert-OH is 1. The molecule has 0 aliphatic carbocycles. The molecular formula is C16H21F2N3O2. The number of nitrogens with one attached hydrogen (secondary N) is 1. The number of aromatic nitrogens is 2. The van der Waals surface area contributed by atoms with Gasteiger partial charge in [0, 0.05) is 30.4 Å². The van der Waals surface area contributed by atoms with Crippen molar-refractivity contribution in [3.63, 3.8) is 0 Å². The molecule has 1 aromatic carbocycles. The van der Waals surface area contributed by atoms with Crippen molar-refractivity contribution in [2.75, 3.05) is 26.4 Å². The minimum Gasteiger partial charge on any atom is -0.394 e. The van der Waals surface area contributed by atoms with E-state index in [9.17, 15) is 8.78 Å². The molecule has 0 fully saturated rings. The van der Waals surface area contributed by atoms with Crippen LogP contribution in [0.3, 0.4) is 0 Å². The van der Waals surface area contributed by atoms with Crippen LogP contribution in [0, 0.1) is 25.5 Å². The zero-order valence-electron chi connectivity index (χ0n) is 13.3. The Morgan fingerprint density at radius 2 is 2.04 bits per heavy atom. The van der Waals surface area contributed by atoms with Crippen molar-refractivity contribution in [1.82, 2.24) is 15.1 Å². The SMILES string of the molecule is Cc1nn(-c2ccc(F)cc2F)c(C)c1CNCCOCCO. The maximum atomic E-state index is 13.9. The Hall–Kier alpha value is -1.83. The van der Waals surface area contributed by atoms with Crippen molar-refractivity contribution < 1.29 is 18.6 Å². The molecule has 0 radical (unpaired) electrons. The zero-order valence-corrected chi connectivity index (χ0v) is 13.3. The molecule has 0 aliphatic heterocycles. The molecule has 5 nitrogen and oxygen atoms in total. The van der Waals surface area contributed by atoms with Gasteiger partial charge >= 0.3 is 0 Å². The molecule has 2 N–H and O–H groups in total. The maximum Gasteiger partial charge on any atom is 0.151 e. The standard InChI is InChI=1S/C16H21F2N3O2/c1-11-14(10-19-5-7-23-8-6-22)12(2)21(20-11)16-4-3-13(17)9-15(16)18/h3-4,9,19,22H,5-8,10H2,1-2H3. The van der Waals surface area contributed by atoms with Crippen molar-refractivity contribution >= 4 is 0 Å². The van der Waals surface area contributed by atoms with Crippen molar-refractivity contribution in [3.8, 4) is 5.69 Å². The van der Waals surface area contributed by atoms with E-state index in [1.807, 2.05) is 13.8 Å². The second kappa shape index (κ2) is 8.14. The van der Waals surface area contributed by atoms with Gasteiger partial charge in [-0.15, -0.1) is 0 Å². The van der Waals surface area contributed by atoms with Crippen molar-refractivity contribution in [1.29, 1.82) is 0 Å². The predicted molar refractivity (Wildman–Crippen MR) is 82.6 cm³/mol. The van der Waals surface area contributed by atoms with E-state index in [1.54, 1.807) is 0 Å². The first kappa shape index (κ1) is 17.5. The molecule has 0 unspecified atom stereocenters. The van der Waals surface area contributed by atoms with E-state index in [2.05, 4.69) is 10.4 Å². The third-order valence-corrected chi connectivity index (χ3v) is 3.54. The topological polar surface area (TPSA) is 59.3 Å². The molecule has 0 saturated carbocycles. The molecular weight excluding hydrogens is 304 g/mol. The fourth-order valence-corrected chi connectivity index (χ4v) is 2.34. The Labute approximate surface area is 133 Å². The number of hydrogen-bond acceptors (Lipinski definition) is 4. The lowest BCUT2D eigenvalue weighted by atomic mass is 10.2. The van der Waals surface area contributed by atoms with Crippen LogP contribution in [0.4, 0.5) is 8.78 Å². The minimum atomic E-state index is -0.646. The highest BCUT2D eigenvalue weighted by Crippen LogP contribution is 2.20. The molecule has 0 amide bonds. The summed E-state index contributed by atoms with van der Waals surface area (Å²) in [6.45, 7) is 5.74. The summed E-state index contributed by atoms with van der Waals surface area (Å²) in [5.74, 6) is -1.26. The predicted octanol–water partition coefficient (Wildman–Crippen LogP) is 1.87. The molecule has 0 aliphatic rings. The molecule has 0 atom stereocenters. The summed E-state index contributed by atoms with van der Waals surface area (Å²) in [7, 11) is 0. The summed E-state index contributed by atoms with van der Waals surface area (Å²) in [5.41, 5.74) is 2.78. The zero-order chi connectivity index (χ0) is 16.8. The van der Waals surface area contributed by atoms with Gasteiger partial charge < -0.3 is 15.2 Å². The van der Waals surface area contributed by atoms with Gasteiger partial charge in [-0.1, -0.05) is 0 Å². The molecule has 0 bridgehead atoms. The summed E-state index contributed by atoms with van der Waals surface area (Å²) in [5, 5.41) is 16.2. The largest absolute Gasteiger partial charge is 0.394 e. The second-order valence-electron chi connectivity index (χ2n) is 5.17. The first-order chi connectivity index (χ1) is 11.0. The minimum absolute atomic E-state index is 0.00816. The van der Waals surface area contributed by atoms with Crippen LogP contribution >= 0.6 is 0 Å². The van der Waals surface area contributed by atoms with Gasteiger partial charge in [0.15, 0.2) is 5.82 Å². The Bertz CT molecular complexity index is 659. The van der Waals surface area contributed by atoms with E-state index in [0.29, 0.717) is 26.3 Å². The molecule has 0 saturated heterocycles. The van der Waals surface area contributed by atoms with E-state index in [1.165, 1.54) is 16.8 Å². The summed E-state index contributed by atoms with van der Waals surface area (Å²) >= 11 is 0. The van der Waals surface area contributed by atoms with Crippen LogP contribution in [0.2, 0.25) is 0 Å². The van der Waals surface area contributed by atoms with Gasteiger partial charge in [-0.05, 0) is 26.0 Å². The van der Waals surface area contributed by atoms with Crippen LogP contribution in [0.1, 0.15) is 17.0 Å². The normalized spacial score (nSPS) is 11.2. The third-order valence-electron chi connectivity index (χ3n) is 3.54. The molecule has 2 rings (SSSR count). The quantitative estimate of drug-likeness (QED) is 0.728. The monoisotopic (exact) mass is 325 g/mol. The number of aryl methyl sites for hydroxylation is 1. The number of nitrogens with zero attached hydrogens (tertiary/aromatic N) is 2. The number of rotatable bonds is 8. The van der Waals surface area contributed by atoms with E-state index in [4.69, 9.17) is 9.84 Å². The third kappa shape index (κ3) is 4.34. The van der Waals surface area contributed by atoms with Crippen LogP contribution in [-0.4, -0.2) is 41.3 Å². The Morgan fingerprint density at radius 1 is 1.26 bits per heavy atom. The first-order valence-corrected chi connectivity index (χ1v) is 7.44. The van der Waals surface area contributed by atoms with Gasteiger partial charge in [-0.2, -0.15) is 5.10 Å². The van der Waals surface area contributed by atoms with Gasteiger partial charge in [-0.25, -0.2) is 13.5 Å². The van der Waals surface area contributed by atoms with Gasteiger partial charge in [0.05, 0.1) is 25.5 Å². The number of halogens is 2. The molecule has 23 heavy (non-hydrogen) atoms. The first-order valence-electron chi connectivity index (χ1n) is 7.44. The van der Waals surface area contributed by atoms with Gasteiger partial charge in [0.1, 0.15) is 11.5 Å². The molecule has 7 heteroatoms. The van der Waals surface area contributed by atoms with Crippen LogP contribution in [-0.2, 0) is 11.3 Å². The van der Waals surface area contributed by atoms with Crippen molar-refractivity contribution in [2.24, 2.45) is 0 Å².